The van der Waals surface area contributed by atoms with Crippen LogP contribution in [0.4, 0.5) is 4.79 Å². The number of unbranched alkanes of at least 4 members (excludes halogenated alkanes) is 3. The van der Waals surface area contributed by atoms with Crippen LogP contribution in [-0.2, 0) is 4.79 Å². The summed E-state index contributed by atoms with van der Waals surface area (Å²) in [7, 11) is 0. The Labute approximate surface area is 89.6 Å². The molecule has 0 aromatic rings. The van der Waals surface area contributed by atoms with Crippen LogP contribution in [-0.4, -0.2) is 30.2 Å². The second-order valence-electron chi connectivity index (χ2n) is 3.14. The zero-order valence-corrected chi connectivity index (χ0v) is 8.79. The first-order valence-electron chi connectivity index (χ1n) is 5.01. The maximum Gasteiger partial charge on any atom is 0.323 e. The van der Waals surface area contributed by atoms with Crippen molar-refractivity contribution in [1.82, 2.24) is 10.6 Å². The number of carboxylic acid groups (broad SMARTS) is 1. The molecule has 0 aromatic heterocycles. The molecule has 0 saturated carbocycles. The van der Waals surface area contributed by atoms with Gasteiger partial charge in [0, 0.05) is 6.54 Å². The number of aliphatic carboxylic acids is 1. The molecule has 15 heavy (non-hydrogen) atoms. The lowest BCUT2D eigenvalue weighted by Gasteiger charge is -2.04. The van der Waals surface area contributed by atoms with E-state index in [1.54, 1.807) is 0 Å². The van der Waals surface area contributed by atoms with Gasteiger partial charge >= 0.3 is 12.0 Å². The minimum absolute atomic E-state index is 0.345. The van der Waals surface area contributed by atoms with Crippen LogP contribution in [0.15, 0.2) is 12.7 Å². The van der Waals surface area contributed by atoms with Crippen molar-refractivity contribution in [2.24, 2.45) is 0 Å². The maximum atomic E-state index is 10.9. The molecule has 2 amide bonds. The number of rotatable bonds is 8. The van der Waals surface area contributed by atoms with Crippen molar-refractivity contribution in [3.8, 4) is 0 Å². The monoisotopic (exact) mass is 214 g/mol. The molecule has 0 saturated heterocycles. The number of allylic oxidation sites excluding steroid dienone is 1. The molecular weight excluding hydrogens is 196 g/mol. The van der Waals surface area contributed by atoms with E-state index < -0.39 is 12.0 Å². The Morgan fingerprint density at radius 2 is 1.93 bits per heavy atom. The second-order valence-corrected chi connectivity index (χ2v) is 3.14. The molecule has 5 nitrogen and oxygen atoms in total. The summed E-state index contributed by atoms with van der Waals surface area (Å²) in [6.07, 6.45) is 5.86. The SMILES string of the molecule is C=CCCCCCNC(=O)NCC(=O)O. The third kappa shape index (κ3) is 10.4. The molecule has 86 valence electrons. The molecule has 0 bridgehead atoms. The average Bonchev–Trinajstić information content (AvgIpc) is 2.20. The maximum absolute atomic E-state index is 10.9. The Balaban J connectivity index is 3.23. The van der Waals surface area contributed by atoms with E-state index in [1.807, 2.05) is 6.08 Å². The van der Waals surface area contributed by atoms with Crippen LogP contribution < -0.4 is 10.6 Å². The fraction of sp³-hybridized carbons (Fsp3) is 0.600. The first kappa shape index (κ1) is 13.5. The average molecular weight is 214 g/mol. The molecule has 0 aromatic carbocycles. The first-order valence-corrected chi connectivity index (χ1v) is 5.01. The largest absolute Gasteiger partial charge is 0.480 e. The van der Waals surface area contributed by atoms with E-state index in [9.17, 15) is 9.59 Å². The Morgan fingerprint density at radius 1 is 1.20 bits per heavy atom. The Hall–Kier alpha value is -1.52. The quantitative estimate of drug-likeness (QED) is 0.418. The molecule has 0 spiro atoms. The molecule has 0 aliphatic heterocycles. The third-order valence-electron chi connectivity index (χ3n) is 1.77. The van der Waals surface area contributed by atoms with Crippen LogP contribution in [0.2, 0.25) is 0 Å². The fourth-order valence-electron chi connectivity index (χ4n) is 1.01. The van der Waals surface area contributed by atoms with Gasteiger partial charge in [-0.15, -0.1) is 6.58 Å². The molecule has 0 atom stereocenters. The Bertz CT molecular complexity index is 217. The zero-order chi connectivity index (χ0) is 11.5. The van der Waals surface area contributed by atoms with Gasteiger partial charge in [0.05, 0.1) is 0 Å². The van der Waals surface area contributed by atoms with E-state index in [1.165, 1.54) is 0 Å². The minimum Gasteiger partial charge on any atom is -0.480 e. The van der Waals surface area contributed by atoms with Crippen LogP contribution >= 0.6 is 0 Å². The Kier molecular flexibility index (Phi) is 8.13. The molecule has 0 heterocycles. The predicted octanol–water partition coefficient (Wildman–Crippen LogP) is 1.12. The number of hydrogen-bond acceptors (Lipinski definition) is 2. The highest BCUT2D eigenvalue weighted by atomic mass is 16.4. The highest BCUT2D eigenvalue weighted by Gasteiger charge is 2.01. The van der Waals surface area contributed by atoms with Crippen molar-refractivity contribution < 1.29 is 14.7 Å². The fourth-order valence-corrected chi connectivity index (χ4v) is 1.01. The zero-order valence-electron chi connectivity index (χ0n) is 8.79. The molecule has 0 unspecified atom stereocenters. The summed E-state index contributed by atoms with van der Waals surface area (Å²) >= 11 is 0. The molecule has 0 aliphatic rings. The van der Waals surface area contributed by atoms with Crippen molar-refractivity contribution >= 4 is 12.0 Å². The first-order chi connectivity index (χ1) is 7.16. The van der Waals surface area contributed by atoms with Gasteiger partial charge in [-0.3, -0.25) is 4.79 Å². The lowest BCUT2D eigenvalue weighted by atomic mass is 10.2. The molecule has 0 rings (SSSR count). The summed E-state index contributed by atoms with van der Waals surface area (Å²) in [6.45, 7) is 3.84. The molecule has 5 heteroatoms. The van der Waals surface area contributed by atoms with Gasteiger partial charge in [-0.05, 0) is 19.3 Å². The van der Waals surface area contributed by atoms with E-state index in [0.29, 0.717) is 6.54 Å². The molecule has 0 radical (unpaired) electrons. The summed E-state index contributed by atoms with van der Waals surface area (Å²) in [4.78, 5) is 21.0. The third-order valence-corrected chi connectivity index (χ3v) is 1.77. The van der Waals surface area contributed by atoms with E-state index >= 15 is 0 Å². The highest BCUT2D eigenvalue weighted by Crippen LogP contribution is 1.98. The molecule has 0 fully saturated rings. The molecule has 0 aliphatic carbocycles. The van der Waals surface area contributed by atoms with Gasteiger partial charge < -0.3 is 15.7 Å². The van der Waals surface area contributed by atoms with Crippen molar-refractivity contribution in [2.45, 2.75) is 25.7 Å². The van der Waals surface area contributed by atoms with Gasteiger partial charge in [-0.1, -0.05) is 12.5 Å². The molecular formula is C10H18N2O3. The number of amides is 2. The van der Waals surface area contributed by atoms with Gasteiger partial charge in [0.2, 0.25) is 0 Å². The number of carbonyl (C=O) groups excluding carboxylic acids is 1. The summed E-state index contributed by atoms with van der Waals surface area (Å²) in [5, 5.41) is 13.1. The number of hydrogen-bond donors (Lipinski definition) is 3. The summed E-state index contributed by atoms with van der Waals surface area (Å²) in [6, 6.07) is -0.430. The van der Waals surface area contributed by atoms with Crippen molar-refractivity contribution in [3.63, 3.8) is 0 Å². The van der Waals surface area contributed by atoms with E-state index in [2.05, 4.69) is 17.2 Å². The van der Waals surface area contributed by atoms with E-state index in [-0.39, 0.29) is 6.54 Å². The minimum atomic E-state index is -1.05. The topological polar surface area (TPSA) is 78.4 Å². The van der Waals surface area contributed by atoms with Crippen molar-refractivity contribution in [3.05, 3.63) is 12.7 Å². The van der Waals surface area contributed by atoms with Crippen LogP contribution in [0.25, 0.3) is 0 Å². The van der Waals surface area contributed by atoms with Crippen molar-refractivity contribution in [1.29, 1.82) is 0 Å². The van der Waals surface area contributed by atoms with Crippen LogP contribution in [0.3, 0.4) is 0 Å². The number of nitrogens with one attached hydrogen (secondary N) is 2. The Morgan fingerprint density at radius 3 is 2.53 bits per heavy atom. The van der Waals surface area contributed by atoms with Gasteiger partial charge in [0.25, 0.3) is 0 Å². The highest BCUT2D eigenvalue weighted by molar-refractivity contribution is 5.79. The van der Waals surface area contributed by atoms with Crippen LogP contribution in [0.5, 0.6) is 0 Å². The van der Waals surface area contributed by atoms with Crippen LogP contribution in [0, 0.1) is 0 Å². The molecule has 3 N–H and O–H groups in total. The van der Waals surface area contributed by atoms with E-state index in [0.717, 1.165) is 25.7 Å². The van der Waals surface area contributed by atoms with Crippen molar-refractivity contribution in [2.75, 3.05) is 13.1 Å². The standard InChI is InChI=1S/C10H18N2O3/c1-2-3-4-5-6-7-11-10(15)12-8-9(13)14/h2H,1,3-8H2,(H,13,14)(H2,11,12,15). The predicted molar refractivity (Wildman–Crippen MR) is 57.7 cm³/mol. The normalized spacial score (nSPS) is 9.33. The second kappa shape index (κ2) is 9.05. The number of urea groups is 1. The van der Waals surface area contributed by atoms with Crippen LogP contribution in [0.1, 0.15) is 25.7 Å². The lowest BCUT2D eigenvalue weighted by molar-refractivity contribution is -0.135. The van der Waals surface area contributed by atoms with Gasteiger partial charge in [0.1, 0.15) is 6.54 Å². The van der Waals surface area contributed by atoms with Gasteiger partial charge in [-0.2, -0.15) is 0 Å². The van der Waals surface area contributed by atoms with Gasteiger partial charge in [0.15, 0.2) is 0 Å². The summed E-state index contributed by atoms with van der Waals surface area (Å²) in [5.41, 5.74) is 0. The summed E-state index contributed by atoms with van der Waals surface area (Å²) in [5.74, 6) is -1.05. The van der Waals surface area contributed by atoms with Gasteiger partial charge in [-0.25, -0.2) is 4.79 Å². The smallest absolute Gasteiger partial charge is 0.323 e. The number of carbonyl (C=O) groups is 2. The van der Waals surface area contributed by atoms with E-state index in [4.69, 9.17) is 5.11 Å². The summed E-state index contributed by atoms with van der Waals surface area (Å²) < 4.78 is 0. The number of carboxylic acids is 1. The lowest BCUT2D eigenvalue weighted by Crippen LogP contribution is -2.38.